The Hall–Kier alpha value is 0. The lowest BCUT2D eigenvalue weighted by Gasteiger charge is -2.41. The van der Waals surface area contributed by atoms with Crippen LogP contribution in [0.3, 0.4) is 0 Å². The first-order chi connectivity index (χ1) is 9.08. The van der Waals surface area contributed by atoms with Gasteiger partial charge in [-0.05, 0) is 30.1 Å². The van der Waals surface area contributed by atoms with E-state index in [0.29, 0.717) is 5.41 Å². The van der Waals surface area contributed by atoms with Crippen LogP contribution in [0.5, 0.6) is 0 Å². The molecule has 2 atom stereocenters. The molecule has 1 fully saturated rings. The first-order valence-corrected chi connectivity index (χ1v) is 9.08. The molecule has 1 aliphatic rings. The van der Waals surface area contributed by atoms with Gasteiger partial charge < -0.3 is 0 Å². The molecule has 0 aromatic carbocycles. The van der Waals surface area contributed by atoms with Gasteiger partial charge in [-0.15, -0.1) is 0 Å². The van der Waals surface area contributed by atoms with Crippen LogP contribution in [0.1, 0.15) is 105 Å². The van der Waals surface area contributed by atoms with Crippen LogP contribution >= 0.6 is 0 Å². The van der Waals surface area contributed by atoms with Crippen LogP contribution in [0.25, 0.3) is 0 Å². The van der Waals surface area contributed by atoms with Crippen LogP contribution in [0.2, 0.25) is 0 Å². The van der Waals surface area contributed by atoms with Gasteiger partial charge in [-0.2, -0.15) is 0 Å². The molecule has 0 aliphatic heterocycles. The largest absolute Gasteiger partial charge is 0.0654 e. The second kappa shape index (κ2) is 9.03. The Morgan fingerprint density at radius 3 is 2.26 bits per heavy atom. The Morgan fingerprint density at radius 2 is 1.63 bits per heavy atom. The zero-order valence-corrected chi connectivity index (χ0v) is 14.1. The third-order valence-corrected chi connectivity index (χ3v) is 5.73. The summed E-state index contributed by atoms with van der Waals surface area (Å²) in [5, 5.41) is 0. The lowest BCUT2D eigenvalue weighted by atomic mass is 9.64. The lowest BCUT2D eigenvalue weighted by molar-refractivity contribution is 0.0967. The van der Waals surface area contributed by atoms with Crippen molar-refractivity contribution in [3.63, 3.8) is 0 Å². The Balaban J connectivity index is 2.09. The van der Waals surface area contributed by atoms with E-state index in [1.165, 1.54) is 77.0 Å². The van der Waals surface area contributed by atoms with Crippen molar-refractivity contribution in [2.24, 2.45) is 17.3 Å². The van der Waals surface area contributed by atoms with Crippen molar-refractivity contribution in [3.05, 3.63) is 0 Å². The average molecular weight is 267 g/mol. The summed E-state index contributed by atoms with van der Waals surface area (Å²) >= 11 is 0. The van der Waals surface area contributed by atoms with Crippen molar-refractivity contribution in [1.82, 2.24) is 0 Å². The fraction of sp³-hybridized carbons (Fsp3) is 1.00. The highest BCUT2D eigenvalue weighted by Crippen LogP contribution is 2.45. The van der Waals surface area contributed by atoms with Gasteiger partial charge in [-0.25, -0.2) is 0 Å². The van der Waals surface area contributed by atoms with Crippen LogP contribution in [0.15, 0.2) is 0 Å². The van der Waals surface area contributed by atoms with Gasteiger partial charge >= 0.3 is 0 Å². The third-order valence-electron chi connectivity index (χ3n) is 5.73. The molecule has 0 heterocycles. The highest BCUT2D eigenvalue weighted by atomic mass is 14.4. The molecule has 0 spiro atoms. The average Bonchev–Trinajstić information content (AvgIpc) is 2.38. The Kier molecular flexibility index (Phi) is 8.11. The highest BCUT2D eigenvalue weighted by molar-refractivity contribution is 4.85. The van der Waals surface area contributed by atoms with Gasteiger partial charge in [0.15, 0.2) is 0 Å². The fourth-order valence-electron chi connectivity index (χ4n) is 3.82. The number of unbranched alkanes of at least 4 members (excludes halogenated alkanes) is 6. The fourth-order valence-corrected chi connectivity index (χ4v) is 3.82. The minimum atomic E-state index is 0.643. The van der Waals surface area contributed by atoms with Crippen LogP contribution in [0, 0.1) is 17.3 Å². The number of hydrogen-bond acceptors (Lipinski definition) is 0. The zero-order chi connectivity index (χ0) is 14.1. The van der Waals surface area contributed by atoms with E-state index >= 15 is 0 Å². The Labute approximate surface area is 122 Å². The highest BCUT2D eigenvalue weighted by Gasteiger charge is 2.34. The standard InChI is InChI=1S/C19H38/c1-5-6-7-8-9-10-11-13-18-14-12-15-19(4,16-18)17(2)3/h17-18H,5-16H2,1-4H3. The van der Waals surface area contributed by atoms with Crippen LogP contribution in [-0.4, -0.2) is 0 Å². The molecule has 1 aliphatic carbocycles. The SMILES string of the molecule is CCCCCCCCCC1CCCC(C)(C(C)C)C1. The Bertz CT molecular complexity index is 218. The van der Waals surface area contributed by atoms with Crippen LogP contribution in [-0.2, 0) is 0 Å². The molecule has 2 unspecified atom stereocenters. The molecule has 0 nitrogen and oxygen atoms in total. The molecule has 0 N–H and O–H groups in total. The summed E-state index contributed by atoms with van der Waals surface area (Å²) in [5.41, 5.74) is 0.643. The van der Waals surface area contributed by atoms with Gasteiger partial charge in [0.2, 0.25) is 0 Å². The molecule has 0 saturated heterocycles. The topological polar surface area (TPSA) is 0 Å². The monoisotopic (exact) mass is 266 g/mol. The second-order valence-corrected chi connectivity index (χ2v) is 7.68. The number of hydrogen-bond donors (Lipinski definition) is 0. The minimum absolute atomic E-state index is 0.643. The summed E-state index contributed by atoms with van der Waals surface area (Å²) < 4.78 is 0. The summed E-state index contributed by atoms with van der Waals surface area (Å²) in [4.78, 5) is 0. The second-order valence-electron chi connectivity index (χ2n) is 7.68. The molecule has 1 rings (SSSR count). The van der Waals surface area contributed by atoms with E-state index in [9.17, 15) is 0 Å². The lowest BCUT2D eigenvalue weighted by Crippen LogP contribution is -2.30. The van der Waals surface area contributed by atoms with E-state index in [-0.39, 0.29) is 0 Å². The van der Waals surface area contributed by atoms with E-state index < -0.39 is 0 Å². The molecular formula is C19H38. The van der Waals surface area contributed by atoms with Crippen molar-refractivity contribution >= 4 is 0 Å². The molecule has 1 saturated carbocycles. The molecule has 0 amide bonds. The molecule has 19 heavy (non-hydrogen) atoms. The maximum absolute atomic E-state index is 2.54. The molecule has 0 radical (unpaired) electrons. The maximum atomic E-state index is 2.54. The van der Waals surface area contributed by atoms with Crippen molar-refractivity contribution in [2.75, 3.05) is 0 Å². The normalized spacial score (nSPS) is 27.9. The van der Waals surface area contributed by atoms with Crippen molar-refractivity contribution in [1.29, 1.82) is 0 Å². The van der Waals surface area contributed by atoms with Gasteiger partial charge in [0.1, 0.15) is 0 Å². The van der Waals surface area contributed by atoms with Gasteiger partial charge in [0.05, 0.1) is 0 Å². The van der Waals surface area contributed by atoms with Crippen molar-refractivity contribution < 1.29 is 0 Å². The quantitative estimate of drug-likeness (QED) is 0.395. The van der Waals surface area contributed by atoms with Gasteiger partial charge in [-0.3, -0.25) is 0 Å². The van der Waals surface area contributed by atoms with Gasteiger partial charge in [0.25, 0.3) is 0 Å². The van der Waals surface area contributed by atoms with Gasteiger partial charge in [0, 0.05) is 0 Å². The van der Waals surface area contributed by atoms with E-state index in [4.69, 9.17) is 0 Å². The first-order valence-electron chi connectivity index (χ1n) is 9.08. The minimum Gasteiger partial charge on any atom is -0.0654 e. The van der Waals surface area contributed by atoms with Gasteiger partial charge in [-0.1, -0.05) is 91.9 Å². The summed E-state index contributed by atoms with van der Waals surface area (Å²) in [6.45, 7) is 9.69. The predicted octanol–water partition coefficient (Wildman–Crippen LogP) is 6.98. The zero-order valence-electron chi connectivity index (χ0n) is 14.1. The molecule has 114 valence electrons. The van der Waals surface area contributed by atoms with E-state index in [0.717, 1.165) is 11.8 Å². The summed E-state index contributed by atoms with van der Waals surface area (Å²) in [5.74, 6) is 1.90. The molecule has 0 bridgehead atoms. The van der Waals surface area contributed by atoms with Crippen LogP contribution in [0.4, 0.5) is 0 Å². The third kappa shape index (κ3) is 6.32. The molecule has 0 aromatic heterocycles. The van der Waals surface area contributed by atoms with Crippen LogP contribution < -0.4 is 0 Å². The molecule has 0 aromatic rings. The first kappa shape index (κ1) is 17.1. The summed E-state index contributed by atoms with van der Waals surface area (Å²) in [7, 11) is 0. The molecule has 0 heteroatoms. The smallest absolute Gasteiger partial charge is 0.0300 e. The maximum Gasteiger partial charge on any atom is -0.0300 e. The number of rotatable bonds is 9. The van der Waals surface area contributed by atoms with E-state index in [1.54, 1.807) is 0 Å². The summed E-state index contributed by atoms with van der Waals surface area (Å²) in [6.07, 6.45) is 17.7. The van der Waals surface area contributed by atoms with E-state index in [2.05, 4.69) is 27.7 Å². The molecular weight excluding hydrogens is 228 g/mol. The van der Waals surface area contributed by atoms with E-state index in [1.807, 2.05) is 0 Å². The van der Waals surface area contributed by atoms with Crippen molar-refractivity contribution in [2.45, 2.75) is 105 Å². The van der Waals surface area contributed by atoms with Crippen molar-refractivity contribution in [3.8, 4) is 0 Å². The Morgan fingerprint density at radius 1 is 1.00 bits per heavy atom. The predicted molar refractivity (Wildman–Crippen MR) is 87.5 cm³/mol. The summed E-state index contributed by atoms with van der Waals surface area (Å²) in [6, 6.07) is 0.